The molecule has 22 heavy (non-hydrogen) atoms. The highest BCUT2D eigenvalue weighted by atomic mass is 16.4. The Bertz CT molecular complexity index is 585. The lowest BCUT2D eigenvalue weighted by Crippen LogP contribution is -2.38. The van der Waals surface area contributed by atoms with Crippen molar-refractivity contribution >= 4 is 11.9 Å². The minimum atomic E-state index is -0.855. The highest BCUT2D eigenvalue weighted by Gasteiger charge is 2.36. The predicted octanol–water partition coefficient (Wildman–Crippen LogP) is 3.01. The van der Waals surface area contributed by atoms with Crippen LogP contribution in [0.5, 0.6) is 0 Å². The molecule has 122 valence electrons. The Hall–Kier alpha value is -1.78. The molecule has 1 heterocycles. The third kappa shape index (κ3) is 3.18. The molecule has 1 atom stereocenters. The van der Waals surface area contributed by atoms with Crippen molar-refractivity contribution in [1.29, 1.82) is 0 Å². The Labute approximate surface area is 131 Å². The molecule has 1 aliphatic carbocycles. The summed E-state index contributed by atoms with van der Waals surface area (Å²) >= 11 is 0. The third-order valence-corrected chi connectivity index (χ3v) is 4.37. The van der Waals surface area contributed by atoms with Crippen LogP contribution >= 0.6 is 0 Å². The zero-order chi connectivity index (χ0) is 16.6. The van der Waals surface area contributed by atoms with Gasteiger partial charge in [0.2, 0.25) is 0 Å². The van der Waals surface area contributed by atoms with Crippen LogP contribution in [-0.2, 0) is 4.79 Å². The van der Waals surface area contributed by atoms with Crippen molar-refractivity contribution in [2.24, 2.45) is 5.92 Å². The van der Waals surface area contributed by atoms with Crippen LogP contribution in [0.15, 0.2) is 6.07 Å². The Kier molecular flexibility index (Phi) is 4.63. The summed E-state index contributed by atoms with van der Waals surface area (Å²) in [5.74, 6) is -1.43. The second-order valence-electron chi connectivity index (χ2n) is 6.68. The lowest BCUT2D eigenvalue weighted by Gasteiger charge is -2.24. The number of carbonyl (C=O) groups excluding carboxylic acids is 1. The molecule has 5 heteroatoms. The summed E-state index contributed by atoms with van der Waals surface area (Å²) in [6, 6.07) is 2.43. The molecule has 1 saturated carbocycles. The van der Waals surface area contributed by atoms with E-state index in [1.54, 1.807) is 11.8 Å². The molecule has 1 aliphatic rings. The van der Waals surface area contributed by atoms with Crippen molar-refractivity contribution in [3.8, 4) is 0 Å². The molecule has 1 aromatic rings. The normalized spacial score (nSPS) is 15.9. The van der Waals surface area contributed by atoms with Crippen LogP contribution in [0.1, 0.15) is 61.4 Å². The van der Waals surface area contributed by atoms with Crippen LogP contribution in [-0.4, -0.2) is 39.0 Å². The van der Waals surface area contributed by atoms with Gasteiger partial charge in [0, 0.05) is 30.0 Å². The Morgan fingerprint density at radius 1 is 1.32 bits per heavy atom. The number of hydrogen-bond acceptors (Lipinski definition) is 2. The van der Waals surface area contributed by atoms with Crippen LogP contribution in [0.2, 0.25) is 0 Å². The summed E-state index contributed by atoms with van der Waals surface area (Å²) in [4.78, 5) is 25.8. The second kappa shape index (κ2) is 6.15. The number of carbonyl (C=O) groups is 2. The van der Waals surface area contributed by atoms with Crippen molar-refractivity contribution in [2.45, 2.75) is 59.5 Å². The Morgan fingerprint density at radius 2 is 1.91 bits per heavy atom. The Morgan fingerprint density at radius 3 is 2.32 bits per heavy atom. The van der Waals surface area contributed by atoms with Crippen LogP contribution in [0.25, 0.3) is 0 Å². The van der Waals surface area contributed by atoms with E-state index in [0.717, 1.165) is 24.2 Å². The first kappa shape index (κ1) is 16.6. The lowest BCUT2D eigenvalue weighted by atomic mass is 10.1. The van der Waals surface area contributed by atoms with Gasteiger partial charge in [-0.3, -0.25) is 9.59 Å². The number of aryl methyl sites for hydroxylation is 1. The van der Waals surface area contributed by atoms with Gasteiger partial charge in [-0.1, -0.05) is 6.92 Å². The van der Waals surface area contributed by atoms with E-state index in [1.165, 1.54) is 0 Å². The van der Waals surface area contributed by atoms with Crippen molar-refractivity contribution in [2.75, 3.05) is 6.54 Å². The van der Waals surface area contributed by atoms with Crippen molar-refractivity contribution in [3.63, 3.8) is 0 Å². The average molecular weight is 306 g/mol. The smallest absolute Gasteiger partial charge is 0.308 e. The highest BCUT2D eigenvalue weighted by Crippen LogP contribution is 2.31. The van der Waals surface area contributed by atoms with Gasteiger partial charge < -0.3 is 14.6 Å². The molecule has 0 aromatic carbocycles. The number of aromatic nitrogens is 1. The minimum absolute atomic E-state index is 0.0319. The standard InChI is InChI=1S/C17H26N2O3/c1-10(2)19-12(4)8-15(13(19)5)16(20)18(14-6-7-14)9-11(3)17(21)22/h8,10-11,14H,6-7,9H2,1-5H3,(H,21,22). The summed E-state index contributed by atoms with van der Waals surface area (Å²) in [5, 5.41) is 9.12. The van der Waals surface area contributed by atoms with Gasteiger partial charge in [0.1, 0.15) is 0 Å². The molecule has 5 nitrogen and oxygen atoms in total. The maximum absolute atomic E-state index is 12.9. The van der Waals surface area contributed by atoms with E-state index >= 15 is 0 Å². The first-order chi connectivity index (χ1) is 10.2. The van der Waals surface area contributed by atoms with Crippen molar-refractivity contribution in [1.82, 2.24) is 9.47 Å². The van der Waals surface area contributed by atoms with E-state index in [1.807, 2.05) is 19.9 Å². The van der Waals surface area contributed by atoms with Gasteiger partial charge in [-0.05, 0) is 46.6 Å². The molecule has 1 fully saturated rings. The maximum atomic E-state index is 12.9. The molecule has 0 spiro atoms. The number of carboxylic acids is 1. The monoisotopic (exact) mass is 306 g/mol. The van der Waals surface area contributed by atoms with E-state index in [-0.39, 0.29) is 18.5 Å². The predicted molar refractivity (Wildman–Crippen MR) is 85.1 cm³/mol. The number of rotatable bonds is 6. The topological polar surface area (TPSA) is 62.5 Å². The molecule has 1 aromatic heterocycles. The van der Waals surface area contributed by atoms with E-state index in [9.17, 15) is 9.59 Å². The molecule has 2 rings (SSSR count). The van der Waals surface area contributed by atoms with E-state index in [4.69, 9.17) is 5.11 Å². The summed E-state index contributed by atoms with van der Waals surface area (Å²) < 4.78 is 2.15. The van der Waals surface area contributed by atoms with Gasteiger partial charge in [0.05, 0.1) is 11.5 Å². The third-order valence-electron chi connectivity index (χ3n) is 4.37. The molecule has 1 N–H and O–H groups in total. The fourth-order valence-corrected chi connectivity index (χ4v) is 3.10. The van der Waals surface area contributed by atoms with E-state index < -0.39 is 11.9 Å². The molecule has 0 aliphatic heterocycles. The molecule has 0 radical (unpaired) electrons. The largest absolute Gasteiger partial charge is 0.481 e. The van der Waals surface area contributed by atoms with Crippen LogP contribution in [0.4, 0.5) is 0 Å². The number of nitrogens with zero attached hydrogens (tertiary/aromatic N) is 2. The molecular formula is C17H26N2O3. The zero-order valence-electron chi connectivity index (χ0n) is 14.1. The second-order valence-corrected chi connectivity index (χ2v) is 6.68. The fraction of sp³-hybridized carbons (Fsp3) is 0.647. The van der Waals surface area contributed by atoms with Gasteiger partial charge in [-0.25, -0.2) is 0 Å². The molecular weight excluding hydrogens is 280 g/mol. The fourth-order valence-electron chi connectivity index (χ4n) is 3.10. The summed E-state index contributed by atoms with van der Waals surface area (Å²) in [6.07, 6.45) is 1.95. The molecule has 0 saturated heterocycles. The van der Waals surface area contributed by atoms with E-state index in [0.29, 0.717) is 11.6 Å². The first-order valence-corrected chi connectivity index (χ1v) is 7.96. The van der Waals surface area contributed by atoms with Crippen LogP contribution in [0, 0.1) is 19.8 Å². The summed E-state index contributed by atoms with van der Waals surface area (Å²) in [5.41, 5.74) is 2.74. The van der Waals surface area contributed by atoms with Gasteiger partial charge in [0.15, 0.2) is 0 Å². The lowest BCUT2D eigenvalue weighted by molar-refractivity contribution is -0.141. The van der Waals surface area contributed by atoms with Crippen molar-refractivity contribution < 1.29 is 14.7 Å². The summed E-state index contributed by atoms with van der Waals surface area (Å²) in [6.45, 7) is 10.1. The number of aliphatic carboxylic acids is 1. The number of hydrogen-bond donors (Lipinski definition) is 1. The molecule has 1 amide bonds. The Balaban J connectivity index is 2.28. The maximum Gasteiger partial charge on any atom is 0.308 e. The number of amides is 1. The van der Waals surface area contributed by atoms with Gasteiger partial charge in [-0.2, -0.15) is 0 Å². The van der Waals surface area contributed by atoms with Crippen LogP contribution in [0.3, 0.4) is 0 Å². The number of carboxylic acid groups (broad SMARTS) is 1. The van der Waals surface area contributed by atoms with Gasteiger partial charge in [-0.15, -0.1) is 0 Å². The van der Waals surface area contributed by atoms with Gasteiger partial charge >= 0.3 is 5.97 Å². The SMILES string of the molecule is Cc1cc(C(=O)N(CC(C)C(=O)O)C2CC2)c(C)n1C(C)C. The van der Waals surface area contributed by atoms with E-state index in [2.05, 4.69) is 18.4 Å². The summed E-state index contributed by atoms with van der Waals surface area (Å²) in [7, 11) is 0. The quantitative estimate of drug-likeness (QED) is 0.878. The first-order valence-electron chi connectivity index (χ1n) is 7.96. The molecule has 0 bridgehead atoms. The average Bonchev–Trinajstić information content (AvgIpc) is 3.20. The molecule has 1 unspecified atom stereocenters. The van der Waals surface area contributed by atoms with Crippen molar-refractivity contribution in [3.05, 3.63) is 23.0 Å². The van der Waals surface area contributed by atoms with Crippen LogP contribution < -0.4 is 0 Å². The zero-order valence-corrected chi connectivity index (χ0v) is 14.1. The highest BCUT2D eigenvalue weighted by molar-refractivity contribution is 5.96. The minimum Gasteiger partial charge on any atom is -0.481 e. The van der Waals surface area contributed by atoms with Gasteiger partial charge in [0.25, 0.3) is 5.91 Å².